The predicted octanol–water partition coefficient (Wildman–Crippen LogP) is 3.16. The number of amides is 1. The predicted molar refractivity (Wildman–Crippen MR) is 73.0 cm³/mol. The summed E-state index contributed by atoms with van der Waals surface area (Å²) in [5.41, 5.74) is 0.0234. The molecule has 0 aliphatic heterocycles. The molecule has 1 heterocycles. The number of halogens is 2. The normalized spacial score (nSPS) is 14.6. The smallest absolute Gasteiger partial charge is 0.253 e. The highest BCUT2D eigenvalue weighted by Crippen LogP contribution is 2.32. The molecule has 6 heteroatoms. The van der Waals surface area contributed by atoms with Gasteiger partial charge in [-0.3, -0.25) is 4.79 Å². The fourth-order valence-corrected chi connectivity index (χ4v) is 3.87. The molecule has 0 aliphatic rings. The van der Waals surface area contributed by atoms with E-state index in [0.717, 1.165) is 7.57 Å². The SMILES string of the molecule is CCC(C)(CO)NC(=O)c1cc(Br)sc1Br. The Kier molecular flexibility index (Phi) is 4.97. The van der Waals surface area contributed by atoms with E-state index >= 15 is 0 Å². The number of rotatable bonds is 4. The molecule has 0 bridgehead atoms. The average Bonchev–Trinajstić information content (AvgIpc) is 2.57. The van der Waals surface area contributed by atoms with Crippen molar-refractivity contribution in [1.82, 2.24) is 5.32 Å². The van der Waals surface area contributed by atoms with Crippen molar-refractivity contribution in [2.24, 2.45) is 0 Å². The fourth-order valence-electron chi connectivity index (χ4n) is 1.08. The molecular weight excluding hydrogens is 358 g/mol. The lowest BCUT2D eigenvalue weighted by Gasteiger charge is -2.27. The minimum Gasteiger partial charge on any atom is -0.394 e. The van der Waals surface area contributed by atoms with E-state index in [1.54, 1.807) is 6.07 Å². The first-order valence-corrected chi connectivity index (χ1v) is 7.20. The molecule has 1 amide bonds. The lowest BCUT2D eigenvalue weighted by atomic mass is 10.00. The number of thiophene rings is 1. The van der Waals surface area contributed by atoms with Gasteiger partial charge < -0.3 is 10.4 Å². The van der Waals surface area contributed by atoms with Gasteiger partial charge in [0.2, 0.25) is 0 Å². The minimum atomic E-state index is -0.565. The van der Waals surface area contributed by atoms with Crippen LogP contribution in [0.3, 0.4) is 0 Å². The first-order valence-electron chi connectivity index (χ1n) is 4.80. The zero-order valence-electron chi connectivity index (χ0n) is 9.01. The third-order valence-corrected chi connectivity index (χ3v) is 4.79. The Hall–Kier alpha value is 0.0900. The van der Waals surface area contributed by atoms with Crippen LogP contribution in [0.2, 0.25) is 0 Å². The van der Waals surface area contributed by atoms with E-state index in [0.29, 0.717) is 12.0 Å². The van der Waals surface area contributed by atoms with Crippen LogP contribution in [0.4, 0.5) is 0 Å². The van der Waals surface area contributed by atoms with Crippen LogP contribution in [-0.4, -0.2) is 23.2 Å². The van der Waals surface area contributed by atoms with Gasteiger partial charge in [-0.15, -0.1) is 11.3 Å². The van der Waals surface area contributed by atoms with E-state index in [1.165, 1.54) is 11.3 Å². The monoisotopic (exact) mass is 369 g/mol. The Labute approximate surface area is 116 Å². The lowest BCUT2D eigenvalue weighted by molar-refractivity contribution is 0.0847. The first-order chi connectivity index (χ1) is 7.41. The van der Waals surface area contributed by atoms with Gasteiger partial charge in [-0.25, -0.2) is 0 Å². The molecule has 3 nitrogen and oxygen atoms in total. The minimum absolute atomic E-state index is 0.0713. The summed E-state index contributed by atoms with van der Waals surface area (Å²) in [5.74, 6) is -0.174. The van der Waals surface area contributed by atoms with Crippen molar-refractivity contribution in [2.75, 3.05) is 6.61 Å². The summed E-state index contributed by atoms with van der Waals surface area (Å²) in [6, 6.07) is 1.76. The maximum atomic E-state index is 11.9. The van der Waals surface area contributed by atoms with Gasteiger partial charge in [0.15, 0.2) is 0 Å². The van der Waals surface area contributed by atoms with E-state index in [2.05, 4.69) is 37.2 Å². The Morgan fingerprint density at radius 3 is 2.62 bits per heavy atom. The summed E-state index contributed by atoms with van der Waals surface area (Å²) in [6.07, 6.45) is 0.679. The molecule has 0 fully saturated rings. The third-order valence-electron chi connectivity index (χ3n) is 2.45. The molecule has 90 valence electrons. The van der Waals surface area contributed by atoms with Crippen LogP contribution in [0.15, 0.2) is 13.6 Å². The van der Waals surface area contributed by atoms with Crippen molar-refractivity contribution < 1.29 is 9.90 Å². The standard InChI is InChI=1S/C10H13Br2NO2S/c1-3-10(2,5-14)13-9(15)6-4-7(11)16-8(6)12/h4,14H,3,5H2,1-2H3,(H,13,15). The Morgan fingerprint density at radius 2 is 2.25 bits per heavy atom. The van der Waals surface area contributed by atoms with Crippen LogP contribution in [0, 0.1) is 0 Å². The van der Waals surface area contributed by atoms with Crippen molar-refractivity contribution in [2.45, 2.75) is 25.8 Å². The second kappa shape index (κ2) is 5.62. The second-order valence-electron chi connectivity index (χ2n) is 3.76. The highest BCUT2D eigenvalue weighted by atomic mass is 79.9. The van der Waals surface area contributed by atoms with Gasteiger partial charge in [-0.05, 0) is 51.3 Å². The van der Waals surface area contributed by atoms with E-state index in [1.807, 2.05) is 13.8 Å². The molecule has 0 saturated carbocycles. The number of aliphatic hydroxyl groups excluding tert-OH is 1. The number of hydrogen-bond acceptors (Lipinski definition) is 3. The summed E-state index contributed by atoms with van der Waals surface area (Å²) in [4.78, 5) is 11.9. The quantitative estimate of drug-likeness (QED) is 0.855. The second-order valence-corrected chi connectivity index (χ2v) is 7.51. The largest absolute Gasteiger partial charge is 0.394 e. The van der Waals surface area contributed by atoms with Crippen LogP contribution in [0.1, 0.15) is 30.6 Å². The number of carbonyl (C=O) groups excluding carboxylic acids is 1. The molecule has 1 atom stereocenters. The summed E-state index contributed by atoms with van der Waals surface area (Å²) in [5, 5.41) is 12.1. The van der Waals surface area contributed by atoms with E-state index in [-0.39, 0.29) is 12.5 Å². The number of aliphatic hydroxyl groups is 1. The maximum absolute atomic E-state index is 11.9. The summed E-state index contributed by atoms with van der Waals surface area (Å²) >= 11 is 8.11. The van der Waals surface area contributed by atoms with Crippen molar-refractivity contribution in [3.63, 3.8) is 0 Å². The number of nitrogens with one attached hydrogen (secondary N) is 1. The molecule has 0 saturated heterocycles. The highest BCUT2D eigenvalue weighted by Gasteiger charge is 2.25. The van der Waals surface area contributed by atoms with E-state index in [4.69, 9.17) is 0 Å². The van der Waals surface area contributed by atoms with Gasteiger partial charge in [0, 0.05) is 0 Å². The topological polar surface area (TPSA) is 49.3 Å². The molecule has 1 unspecified atom stereocenters. The Bertz CT molecular complexity index is 388. The zero-order valence-corrected chi connectivity index (χ0v) is 13.0. The third kappa shape index (κ3) is 3.29. The van der Waals surface area contributed by atoms with Crippen LogP contribution >= 0.6 is 43.2 Å². The molecule has 0 aliphatic carbocycles. The molecule has 0 aromatic carbocycles. The van der Waals surface area contributed by atoms with Gasteiger partial charge >= 0.3 is 0 Å². The number of hydrogen-bond donors (Lipinski definition) is 2. The van der Waals surface area contributed by atoms with Gasteiger partial charge in [-0.2, -0.15) is 0 Å². The lowest BCUT2D eigenvalue weighted by Crippen LogP contribution is -2.48. The average molecular weight is 371 g/mol. The molecule has 1 aromatic heterocycles. The van der Waals surface area contributed by atoms with Crippen molar-refractivity contribution in [3.05, 3.63) is 19.2 Å². The summed E-state index contributed by atoms with van der Waals surface area (Å²) in [6.45, 7) is 3.67. The van der Waals surface area contributed by atoms with Crippen LogP contribution < -0.4 is 5.32 Å². The fraction of sp³-hybridized carbons (Fsp3) is 0.500. The molecule has 16 heavy (non-hydrogen) atoms. The Balaban J connectivity index is 2.84. The van der Waals surface area contributed by atoms with Crippen molar-refractivity contribution in [1.29, 1.82) is 0 Å². The van der Waals surface area contributed by atoms with Crippen LogP contribution in [0.25, 0.3) is 0 Å². The van der Waals surface area contributed by atoms with Crippen molar-refractivity contribution in [3.8, 4) is 0 Å². The van der Waals surface area contributed by atoms with Crippen LogP contribution in [0.5, 0.6) is 0 Å². The van der Waals surface area contributed by atoms with Gasteiger partial charge in [0.25, 0.3) is 5.91 Å². The highest BCUT2D eigenvalue weighted by molar-refractivity contribution is 9.12. The number of carbonyl (C=O) groups is 1. The van der Waals surface area contributed by atoms with E-state index in [9.17, 15) is 9.90 Å². The zero-order chi connectivity index (χ0) is 12.3. The summed E-state index contributed by atoms with van der Waals surface area (Å²) < 4.78 is 1.68. The van der Waals surface area contributed by atoms with Crippen molar-refractivity contribution >= 4 is 49.1 Å². The van der Waals surface area contributed by atoms with E-state index < -0.39 is 5.54 Å². The van der Waals surface area contributed by atoms with Gasteiger partial charge in [0.05, 0.1) is 25.3 Å². The first kappa shape index (κ1) is 14.2. The Morgan fingerprint density at radius 1 is 1.62 bits per heavy atom. The van der Waals surface area contributed by atoms with Crippen LogP contribution in [-0.2, 0) is 0 Å². The molecule has 0 radical (unpaired) electrons. The molecule has 1 aromatic rings. The molecule has 1 rings (SSSR count). The maximum Gasteiger partial charge on any atom is 0.253 e. The summed E-state index contributed by atoms with van der Waals surface area (Å²) in [7, 11) is 0. The molecule has 2 N–H and O–H groups in total. The van der Waals surface area contributed by atoms with Gasteiger partial charge in [-0.1, -0.05) is 6.92 Å². The molecular formula is C10H13Br2NO2S. The van der Waals surface area contributed by atoms with Gasteiger partial charge in [0.1, 0.15) is 0 Å². The molecule has 0 spiro atoms.